The van der Waals surface area contributed by atoms with E-state index in [0.717, 1.165) is 22.2 Å². The van der Waals surface area contributed by atoms with Crippen molar-refractivity contribution in [1.82, 2.24) is 0 Å². The number of nitrogen functional groups attached to an aromatic ring is 1. The quantitative estimate of drug-likeness (QED) is 0.705. The fourth-order valence-corrected chi connectivity index (χ4v) is 3.74. The van der Waals surface area contributed by atoms with Crippen LogP contribution in [0.5, 0.6) is 0 Å². The topological polar surface area (TPSA) is 26.0 Å². The van der Waals surface area contributed by atoms with Crippen LogP contribution in [0.2, 0.25) is 4.34 Å². The maximum atomic E-state index is 5.90. The van der Waals surface area contributed by atoms with Gasteiger partial charge in [0.2, 0.25) is 0 Å². The summed E-state index contributed by atoms with van der Waals surface area (Å²) in [6, 6.07) is 0. The highest BCUT2D eigenvalue weighted by Gasteiger charge is 2.17. The van der Waals surface area contributed by atoms with Gasteiger partial charge in [-0.1, -0.05) is 11.6 Å². The summed E-state index contributed by atoms with van der Waals surface area (Å²) < 4.78 is 0.775. The molecule has 1 aromatic rings. The molecule has 11 heavy (non-hydrogen) atoms. The van der Waals surface area contributed by atoms with Gasteiger partial charge in [0.1, 0.15) is 4.34 Å². The molecule has 1 aliphatic rings. The minimum Gasteiger partial charge on any atom is -0.397 e. The molecular weight excluding hydrogens is 198 g/mol. The second kappa shape index (κ2) is 2.88. The lowest BCUT2D eigenvalue weighted by Gasteiger charge is -2.09. The van der Waals surface area contributed by atoms with Crippen molar-refractivity contribution in [3.63, 3.8) is 0 Å². The van der Waals surface area contributed by atoms with Gasteiger partial charge >= 0.3 is 0 Å². The third kappa shape index (κ3) is 1.25. The van der Waals surface area contributed by atoms with Crippen LogP contribution in [-0.4, -0.2) is 5.75 Å². The van der Waals surface area contributed by atoms with Crippen LogP contribution in [0.25, 0.3) is 0 Å². The van der Waals surface area contributed by atoms with Crippen molar-refractivity contribution in [2.24, 2.45) is 0 Å². The molecule has 0 spiro atoms. The normalized spacial score (nSPS) is 16.5. The van der Waals surface area contributed by atoms with E-state index in [0.29, 0.717) is 0 Å². The Morgan fingerprint density at radius 3 is 3.00 bits per heavy atom. The van der Waals surface area contributed by atoms with Gasteiger partial charge in [0.25, 0.3) is 0 Å². The average molecular weight is 206 g/mol. The molecule has 2 N–H and O–H groups in total. The molecule has 2 heterocycles. The highest BCUT2D eigenvalue weighted by Crippen LogP contribution is 2.40. The number of hydrogen-bond acceptors (Lipinski definition) is 3. The first-order chi connectivity index (χ1) is 5.29. The highest BCUT2D eigenvalue weighted by atomic mass is 35.5. The molecule has 0 aromatic carbocycles. The van der Waals surface area contributed by atoms with Crippen LogP contribution in [0.1, 0.15) is 10.4 Å². The maximum absolute atomic E-state index is 5.90. The van der Waals surface area contributed by atoms with Crippen LogP contribution in [0.4, 0.5) is 5.69 Å². The van der Waals surface area contributed by atoms with E-state index >= 15 is 0 Å². The summed E-state index contributed by atoms with van der Waals surface area (Å²) in [6.45, 7) is 0. The number of thioether (sulfide) groups is 1. The third-order valence-corrected chi connectivity index (χ3v) is 4.46. The molecule has 4 heteroatoms. The summed E-state index contributed by atoms with van der Waals surface area (Å²) in [5.74, 6) is 2.28. The molecule has 0 fully saturated rings. The predicted octanol–water partition coefficient (Wildman–Crippen LogP) is 2.77. The first-order valence-electron chi connectivity index (χ1n) is 3.42. The fraction of sp³-hybridized carbons (Fsp3) is 0.429. The van der Waals surface area contributed by atoms with Crippen LogP contribution in [0.3, 0.4) is 0 Å². The summed E-state index contributed by atoms with van der Waals surface area (Å²) in [7, 11) is 0. The Balaban J connectivity index is 2.50. The zero-order valence-electron chi connectivity index (χ0n) is 5.89. The van der Waals surface area contributed by atoms with Crippen molar-refractivity contribution < 1.29 is 0 Å². The van der Waals surface area contributed by atoms with Crippen LogP contribution in [-0.2, 0) is 12.2 Å². The van der Waals surface area contributed by atoms with Gasteiger partial charge in [0.15, 0.2) is 0 Å². The molecule has 0 radical (unpaired) electrons. The zero-order valence-corrected chi connectivity index (χ0v) is 8.28. The van der Waals surface area contributed by atoms with Gasteiger partial charge in [0.05, 0.1) is 5.69 Å². The summed E-state index contributed by atoms with van der Waals surface area (Å²) in [5.41, 5.74) is 7.92. The van der Waals surface area contributed by atoms with E-state index in [1.54, 1.807) is 11.3 Å². The minimum atomic E-state index is 0.775. The molecular formula is C7H8ClNS2. The van der Waals surface area contributed by atoms with E-state index in [4.69, 9.17) is 17.3 Å². The highest BCUT2D eigenvalue weighted by molar-refractivity contribution is 7.98. The summed E-state index contributed by atoms with van der Waals surface area (Å²) >= 11 is 9.50. The number of halogens is 1. The fourth-order valence-electron chi connectivity index (χ4n) is 1.22. The van der Waals surface area contributed by atoms with Crippen molar-refractivity contribution in [2.45, 2.75) is 12.2 Å². The summed E-state index contributed by atoms with van der Waals surface area (Å²) in [4.78, 5) is 1.38. The lowest BCUT2D eigenvalue weighted by atomic mass is 10.2. The van der Waals surface area contributed by atoms with Crippen LogP contribution in [0.15, 0.2) is 0 Å². The van der Waals surface area contributed by atoms with E-state index in [-0.39, 0.29) is 0 Å². The van der Waals surface area contributed by atoms with E-state index < -0.39 is 0 Å². The number of rotatable bonds is 0. The Hall–Kier alpha value is 0.140. The Morgan fingerprint density at radius 2 is 2.27 bits per heavy atom. The number of hydrogen-bond donors (Lipinski definition) is 1. The molecule has 1 nitrogen and oxygen atoms in total. The van der Waals surface area contributed by atoms with Gasteiger partial charge in [-0.05, 0) is 17.7 Å². The molecule has 0 unspecified atom stereocenters. The number of fused-ring (bicyclic) bond motifs is 1. The van der Waals surface area contributed by atoms with Gasteiger partial charge < -0.3 is 5.73 Å². The van der Waals surface area contributed by atoms with Gasteiger partial charge in [-0.15, -0.1) is 11.3 Å². The second-order valence-electron chi connectivity index (χ2n) is 2.49. The van der Waals surface area contributed by atoms with Crippen LogP contribution in [0, 0.1) is 0 Å². The van der Waals surface area contributed by atoms with Gasteiger partial charge in [-0.3, -0.25) is 0 Å². The molecule has 0 saturated carbocycles. The van der Waals surface area contributed by atoms with Crippen molar-refractivity contribution in [3.05, 3.63) is 14.8 Å². The maximum Gasteiger partial charge on any atom is 0.116 e. The lowest BCUT2D eigenvalue weighted by molar-refractivity contribution is 1.12. The Morgan fingerprint density at radius 1 is 1.45 bits per heavy atom. The molecule has 0 saturated heterocycles. The SMILES string of the molecule is Nc1c(Cl)sc2c1CCSC2. The first kappa shape index (κ1) is 7.77. The predicted molar refractivity (Wildman–Crippen MR) is 53.6 cm³/mol. The van der Waals surface area contributed by atoms with Gasteiger partial charge in [-0.2, -0.15) is 11.8 Å². The van der Waals surface area contributed by atoms with Crippen molar-refractivity contribution >= 4 is 40.4 Å². The molecule has 0 bridgehead atoms. The van der Waals surface area contributed by atoms with Crippen molar-refractivity contribution in [2.75, 3.05) is 11.5 Å². The standard InChI is InChI=1S/C7H8ClNS2/c8-7-6(9)4-1-2-10-3-5(4)11-7/h1-3,9H2. The van der Waals surface area contributed by atoms with E-state index in [2.05, 4.69) is 0 Å². The number of anilines is 1. The van der Waals surface area contributed by atoms with E-state index in [1.807, 2.05) is 11.8 Å². The van der Waals surface area contributed by atoms with Crippen molar-refractivity contribution in [3.8, 4) is 0 Å². The average Bonchev–Trinajstić information content (AvgIpc) is 2.30. The monoisotopic (exact) mass is 205 g/mol. The van der Waals surface area contributed by atoms with E-state index in [1.165, 1.54) is 16.2 Å². The Labute approximate surface area is 78.9 Å². The molecule has 0 atom stereocenters. The summed E-state index contributed by atoms with van der Waals surface area (Å²) in [5, 5.41) is 0. The van der Waals surface area contributed by atoms with Crippen molar-refractivity contribution in [1.29, 1.82) is 0 Å². The zero-order chi connectivity index (χ0) is 7.84. The van der Waals surface area contributed by atoms with Crippen LogP contribution < -0.4 is 5.73 Å². The Bertz CT molecular complexity index is 282. The first-order valence-corrected chi connectivity index (χ1v) is 5.77. The van der Waals surface area contributed by atoms with Crippen LogP contribution >= 0.6 is 34.7 Å². The third-order valence-electron chi connectivity index (χ3n) is 1.82. The smallest absolute Gasteiger partial charge is 0.116 e. The van der Waals surface area contributed by atoms with Gasteiger partial charge in [-0.25, -0.2) is 0 Å². The summed E-state index contributed by atoms with van der Waals surface area (Å²) in [6.07, 6.45) is 1.09. The molecule has 0 amide bonds. The number of thiophene rings is 1. The molecule has 2 rings (SSSR count). The molecule has 60 valence electrons. The minimum absolute atomic E-state index is 0.775. The lowest BCUT2D eigenvalue weighted by Crippen LogP contribution is -2.00. The van der Waals surface area contributed by atoms with E-state index in [9.17, 15) is 0 Å². The largest absolute Gasteiger partial charge is 0.397 e. The van der Waals surface area contributed by atoms with Gasteiger partial charge in [0, 0.05) is 10.6 Å². The second-order valence-corrected chi connectivity index (χ2v) is 5.31. The molecule has 1 aromatic heterocycles. The Kier molecular flexibility index (Phi) is 2.04. The molecule has 1 aliphatic heterocycles. The number of nitrogens with two attached hydrogens (primary N) is 1. The molecule has 0 aliphatic carbocycles.